The van der Waals surface area contributed by atoms with Crippen molar-refractivity contribution >= 4 is 23.3 Å². The van der Waals surface area contributed by atoms with E-state index in [1.165, 1.54) is 18.3 Å². The van der Waals surface area contributed by atoms with Crippen LogP contribution in [0.25, 0.3) is 5.69 Å². The molecule has 3 aromatic rings. The monoisotopic (exact) mass is 379 g/mol. The first-order valence-corrected chi connectivity index (χ1v) is 8.65. The molecule has 8 heteroatoms. The number of aliphatic imine (C=N–C) groups is 1. The van der Waals surface area contributed by atoms with Gasteiger partial charge < -0.3 is 4.90 Å². The Kier molecular flexibility index (Phi) is 5.12. The van der Waals surface area contributed by atoms with E-state index < -0.39 is 4.92 Å². The quantitative estimate of drug-likeness (QED) is 0.387. The van der Waals surface area contributed by atoms with E-state index in [4.69, 9.17) is 0 Å². The lowest BCUT2D eigenvalue weighted by molar-refractivity contribution is -0.384. The molecule has 0 aliphatic carbocycles. The minimum atomic E-state index is -0.451. The van der Waals surface area contributed by atoms with Crippen LogP contribution in [0.4, 0.5) is 17.1 Å². The van der Waals surface area contributed by atoms with Gasteiger partial charge in [-0.15, -0.1) is 0 Å². The molecule has 1 aromatic heterocycles. The molecule has 0 aliphatic heterocycles. The second kappa shape index (κ2) is 7.51. The first-order valence-electron chi connectivity index (χ1n) is 8.65. The van der Waals surface area contributed by atoms with E-state index in [1.807, 2.05) is 56.3 Å². The summed E-state index contributed by atoms with van der Waals surface area (Å²) in [5, 5.41) is 11.1. The van der Waals surface area contributed by atoms with Crippen molar-refractivity contribution in [2.75, 3.05) is 19.0 Å². The Labute approximate surface area is 162 Å². The van der Waals surface area contributed by atoms with Gasteiger partial charge in [0.05, 0.1) is 16.3 Å². The van der Waals surface area contributed by atoms with Gasteiger partial charge in [0, 0.05) is 50.7 Å². The van der Waals surface area contributed by atoms with E-state index in [1.54, 1.807) is 22.5 Å². The average Bonchev–Trinajstić information content (AvgIpc) is 2.89. The van der Waals surface area contributed by atoms with Crippen molar-refractivity contribution in [1.29, 1.82) is 0 Å². The molecule has 0 bridgehead atoms. The van der Waals surface area contributed by atoms with Gasteiger partial charge in [-0.1, -0.05) is 18.2 Å². The minimum Gasteiger partial charge on any atom is -0.377 e. The molecule has 144 valence electrons. The van der Waals surface area contributed by atoms with Crippen molar-refractivity contribution < 1.29 is 4.92 Å². The lowest BCUT2D eigenvalue weighted by atomic mass is 10.1. The average molecular weight is 379 g/mol. The van der Waals surface area contributed by atoms with E-state index in [2.05, 4.69) is 4.99 Å². The number of nitro benzene ring substituents is 1. The Balaban J connectivity index is 2.10. The van der Waals surface area contributed by atoms with E-state index in [-0.39, 0.29) is 11.2 Å². The predicted molar refractivity (Wildman–Crippen MR) is 110 cm³/mol. The molecule has 0 atom stereocenters. The normalized spacial score (nSPS) is 11.1. The molecule has 0 saturated heterocycles. The van der Waals surface area contributed by atoms with E-state index in [0.29, 0.717) is 16.9 Å². The molecular formula is C20H21N5O3. The SMILES string of the molecule is Cc1c(N=Cc2cc([N+](=O)[O-])ccc2N(C)C)c(=O)n(-c2ccccc2)n1C. The number of nitro groups is 1. The highest BCUT2D eigenvalue weighted by atomic mass is 16.6. The van der Waals surface area contributed by atoms with E-state index >= 15 is 0 Å². The summed E-state index contributed by atoms with van der Waals surface area (Å²) in [6.07, 6.45) is 1.50. The highest BCUT2D eigenvalue weighted by Crippen LogP contribution is 2.24. The molecule has 1 heterocycles. The fourth-order valence-electron chi connectivity index (χ4n) is 3.00. The van der Waals surface area contributed by atoms with Gasteiger partial charge in [0.1, 0.15) is 0 Å². The van der Waals surface area contributed by atoms with Crippen LogP contribution in [-0.2, 0) is 7.05 Å². The summed E-state index contributed by atoms with van der Waals surface area (Å²) in [6.45, 7) is 1.81. The van der Waals surface area contributed by atoms with Crippen LogP contribution in [0.15, 0.2) is 58.3 Å². The van der Waals surface area contributed by atoms with Gasteiger partial charge in [-0.05, 0) is 25.1 Å². The van der Waals surface area contributed by atoms with Crippen LogP contribution in [-0.4, -0.2) is 34.6 Å². The smallest absolute Gasteiger partial charge is 0.297 e. The first kappa shape index (κ1) is 19.1. The standard InChI is InChI=1S/C20H21N5O3/c1-14-19(20(26)24(23(14)4)16-8-6-5-7-9-16)21-13-15-12-17(25(27)28)10-11-18(15)22(2)3/h5-13H,1-4H3. The molecule has 8 nitrogen and oxygen atoms in total. The van der Waals surface area contributed by atoms with Crippen molar-refractivity contribution in [2.24, 2.45) is 12.0 Å². The van der Waals surface area contributed by atoms with Gasteiger partial charge in [-0.3, -0.25) is 19.6 Å². The molecule has 0 unspecified atom stereocenters. The molecule has 0 spiro atoms. The number of para-hydroxylation sites is 1. The van der Waals surface area contributed by atoms with Gasteiger partial charge in [0.15, 0.2) is 5.69 Å². The molecule has 0 radical (unpaired) electrons. The number of non-ortho nitro benzene ring substituents is 1. The molecule has 0 fully saturated rings. The number of anilines is 1. The second-order valence-electron chi connectivity index (χ2n) is 6.56. The molecule has 28 heavy (non-hydrogen) atoms. The van der Waals surface area contributed by atoms with E-state index in [0.717, 1.165) is 11.4 Å². The Morgan fingerprint density at radius 1 is 1.14 bits per heavy atom. The third-order valence-electron chi connectivity index (χ3n) is 4.56. The summed E-state index contributed by atoms with van der Waals surface area (Å²) in [4.78, 5) is 29.8. The van der Waals surface area contributed by atoms with Crippen LogP contribution < -0.4 is 10.5 Å². The van der Waals surface area contributed by atoms with E-state index in [9.17, 15) is 14.9 Å². The second-order valence-corrected chi connectivity index (χ2v) is 6.56. The lowest BCUT2D eigenvalue weighted by Crippen LogP contribution is -2.19. The Hall–Kier alpha value is -3.68. The third kappa shape index (κ3) is 3.44. The fourth-order valence-corrected chi connectivity index (χ4v) is 3.00. The van der Waals surface area contributed by atoms with Crippen molar-refractivity contribution in [2.45, 2.75) is 6.92 Å². The van der Waals surface area contributed by atoms with Gasteiger partial charge in [0.2, 0.25) is 0 Å². The zero-order chi connectivity index (χ0) is 20.4. The van der Waals surface area contributed by atoms with Gasteiger partial charge >= 0.3 is 0 Å². The van der Waals surface area contributed by atoms with Crippen molar-refractivity contribution in [3.05, 3.63) is 80.3 Å². The summed E-state index contributed by atoms with van der Waals surface area (Å²) < 4.78 is 3.28. The van der Waals surface area contributed by atoms with Gasteiger partial charge in [0.25, 0.3) is 11.2 Å². The molecule has 0 aliphatic rings. The summed E-state index contributed by atoms with van der Waals surface area (Å²) >= 11 is 0. The number of hydrogen-bond donors (Lipinski definition) is 0. The van der Waals surface area contributed by atoms with Gasteiger partial charge in [-0.25, -0.2) is 9.67 Å². The largest absolute Gasteiger partial charge is 0.377 e. The van der Waals surface area contributed by atoms with Crippen LogP contribution in [0, 0.1) is 17.0 Å². The van der Waals surface area contributed by atoms with Crippen LogP contribution in [0.3, 0.4) is 0 Å². The van der Waals surface area contributed by atoms with Crippen LogP contribution in [0.2, 0.25) is 0 Å². The molecule has 0 saturated carbocycles. The molecule has 2 aromatic carbocycles. The predicted octanol–water partition coefficient (Wildman–Crippen LogP) is 3.21. The fraction of sp³-hybridized carbons (Fsp3) is 0.200. The maximum absolute atomic E-state index is 12.9. The van der Waals surface area contributed by atoms with Crippen molar-refractivity contribution in [1.82, 2.24) is 9.36 Å². The zero-order valence-corrected chi connectivity index (χ0v) is 16.2. The van der Waals surface area contributed by atoms with Crippen molar-refractivity contribution in [3.8, 4) is 5.69 Å². The third-order valence-corrected chi connectivity index (χ3v) is 4.56. The van der Waals surface area contributed by atoms with Gasteiger partial charge in [-0.2, -0.15) is 0 Å². The van der Waals surface area contributed by atoms with Crippen LogP contribution >= 0.6 is 0 Å². The number of rotatable bonds is 5. The lowest BCUT2D eigenvalue weighted by Gasteiger charge is -2.14. The summed E-state index contributed by atoms with van der Waals surface area (Å²) in [5.41, 5.74) is 2.78. The zero-order valence-electron chi connectivity index (χ0n) is 16.2. The Morgan fingerprint density at radius 3 is 2.43 bits per heavy atom. The first-order chi connectivity index (χ1) is 13.3. The maximum atomic E-state index is 12.9. The number of hydrogen-bond acceptors (Lipinski definition) is 5. The maximum Gasteiger partial charge on any atom is 0.297 e. The molecule has 0 amide bonds. The summed E-state index contributed by atoms with van der Waals surface area (Å²) in [6, 6.07) is 13.9. The Morgan fingerprint density at radius 2 is 1.82 bits per heavy atom. The van der Waals surface area contributed by atoms with Crippen LogP contribution in [0.1, 0.15) is 11.3 Å². The highest BCUT2D eigenvalue weighted by Gasteiger charge is 2.16. The number of aromatic nitrogens is 2. The summed E-state index contributed by atoms with van der Waals surface area (Å²) in [7, 11) is 5.48. The topological polar surface area (TPSA) is 85.7 Å². The highest BCUT2D eigenvalue weighted by molar-refractivity contribution is 5.90. The Bertz CT molecular complexity index is 1110. The summed E-state index contributed by atoms with van der Waals surface area (Å²) in [5.74, 6) is 0. The molecular weight excluding hydrogens is 358 g/mol. The minimum absolute atomic E-state index is 0.0291. The van der Waals surface area contributed by atoms with Crippen molar-refractivity contribution in [3.63, 3.8) is 0 Å². The number of benzene rings is 2. The van der Waals surface area contributed by atoms with Crippen LogP contribution in [0.5, 0.6) is 0 Å². The molecule has 3 rings (SSSR count). The number of nitrogens with zero attached hydrogens (tertiary/aromatic N) is 5. The molecule has 0 N–H and O–H groups in total.